The second-order valence-electron chi connectivity index (χ2n) is 7.98. The molecule has 1 aliphatic carbocycles. The van der Waals surface area contributed by atoms with Gasteiger partial charge in [0, 0.05) is 17.4 Å². The van der Waals surface area contributed by atoms with Gasteiger partial charge in [-0.3, -0.25) is 9.69 Å². The maximum atomic E-state index is 13.5. The number of nitrogens with one attached hydrogen (secondary N) is 1. The lowest BCUT2D eigenvalue weighted by molar-refractivity contribution is -0.132. The first-order valence-corrected chi connectivity index (χ1v) is 10.4. The van der Waals surface area contributed by atoms with Gasteiger partial charge < -0.3 is 14.5 Å². The quantitative estimate of drug-likeness (QED) is 0.517. The normalized spacial score (nSPS) is 20.2. The van der Waals surface area contributed by atoms with E-state index in [1.54, 1.807) is 19.1 Å². The standard InChI is InChI=1S/C24H22N2O5/c1-2-30-21(27)20-18(17-9-5-6-10-19(17)31-20)14-26-22(28)24(25-23(26)29)12-11-15-7-3-4-8-16(15)13-24/h3-10H,2,11-14H2,1H3,(H,25,29). The zero-order valence-electron chi connectivity index (χ0n) is 17.1. The summed E-state index contributed by atoms with van der Waals surface area (Å²) in [4.78, 5) is 40.0. The van der Waals surface area contributed by atoms with Gasteiger partial charge in [-0.2, -0.15) is 0 Å². The van der Waals surface area contributed by atoms with E-state index in [4.69, 9.17) is 9.15 Å². The van der Waals surface area contributed by atoms with Crippen LogP contribution >= 0.6 is 0 Å². The van der Waals surface area contributed by atoms with E-state index in [0.717, 1.165) is 12.0 Å². The van der Waals surface area contributed by atoms with Gasteiger partial charge >= 0.3 is 12.0 Å². The molecule has 5 rings (SSSR count). The van der Waals surface area contributed by atoms with Crippen LogP contribution in [0.2, 0.25) is 0 Å². The van der Waals surface area contributed by atoms with Crippen molar-refractivity contribution in [1.29, 1.82) is 0 Å². The fraction of sp³-hybridized carbons (Fsp3) is 0.292. The van der Waals surface area contributed by atoms with E-state index >= 15 is 0 Å². The van der Waals surface area contributed by atoms with E-state index in [9.17, 15) is 14.4 Å². The number of carbonyl (C=O) groups is 3. The molecule has 158 valence electrons. The molecule has 1 fully saturated rings. The molecule has 31 heavy (non-hydrogen) atoms. The Labute approximate surface area is 179 Å². The van der Waals surface area contributed by atoms with E-state index in [1.165, 1.54) is 10.5 Å². The van der Waals surface area contributed by atoms with Crippen molar-refractivity contribution in [2.45, 2.75) is 38.3 Å². The highest BCUT2D eigenvalue weighted by atomic mass is 16.5. The van der Waals surface area contributed by atoms with E-state index in [1.807, 2.05) is 30.3 Å². The van der Waals surface area contributed by atoms with Crippen LogP contribution < -0.4 is 5.32 Å². The van der Waals surface area contributed by atoms with Gasteiger partial charge in [-0.05, 0) is 37.0 Å². The number of urea groups is 1. The van der Waals surface area contributed by atoms with Crippen molar-refractivity contribution in [1.82, 2.24) is 10.2 Å². The Morgan fingerprint density at radius 1 is 1.13 bits per heavy atom. The molecule has 0 radical (unpaired) electrons. The topological polar surface area (TPSA) is 88.8 Å². The van der Waals surface area contributed by atoms with Gasteiger partial charge in [-0.1, -0.05) is 42.5 Å². The molecule has 1 spiro atoms. The molecule has 2 aliphatic rings. The summed E-state index contributed by atoms with van der Waals surface area (Å²) in [7, 11) is 0. The zero-order chi connectivity index (χ0) is 21.6. The Morgan fingerprint density at radius 3 is 2.68 bits per heavy atom. The average Bonchev–Trinajstić information content (AvgIpc) is 3.25. The van der Waals surface area contributed by atoms with Gasteiger partial charge in [0.1, 0.15) is 11.1 Å². The van der Waals surface area contributed by atoms with Gasteiger partial charge in [0.2, 0.25) is 5.76 Å². The molecule has 1 unspecified atom stereocenters. The highest BCUT2D eigenvalue weighted by Gasteiger charge is 2.52. The SMILES string of the molecule is CCOC(=O)c1oc2ccccc2c1CN1C(=O)NC2(CCc3ccccc3C2)C1=O. The van der Waals surface area contributed by atoms with Crippen LogP contribution in [0.5, 0.6) is 0 Å². The maximum Gasteiger partial charge on any atom is 0.374 e. The van der Waals surface area contributed by atoms with Crippen molar-refractivity contribution in [3.8, 4) is 0 Å². The van der Waals surface area contributed by atoms with Gasteiger partial charge in [-0.25, -0.2) is 9.59 Å². The molecule has 7 nitrogen and oxygen atoms in total. The third-order valence-electron chi connectivity index (χ3n) is 6.15. The highest BCUT2D eigenvalue weighted by molar-refractivity contribution is 6.08. The number of hydrogen-bond donors (Lipinski definition) is 1. The minimum Gasteiger partial charge on any atom is -0.460 e. The van der Waals surface area contributed by atoms with Crippen molar-refractivity contribution in [3.05, 3.63) is 71.0 Å². The fourth-order valence-electron chi connectivity index (χ4n) is 4.62. The van der Waals surface area contributed by atoms with Crippen molar-refractivity contribution in [2.24, 2.45) is 0 Å². The minimum atomic E-state index is -0.949. The number of aryl methyl sites for hydroxylation is 1. The molecule has 1 saturated heterocycles. The van der Waals surface area contributed by atoms with Crippen LogP contribution in [0.25, 0.3) is 11.0 Å². The molecular formula is C24H22N2O5. The third kappa shape index (κ3) is 3.08. The summed E-state index contributed by atoms with van der Waals surface area (Å²) < 4.78 is 10.9. The first-order valence-electron chi connectivity index (χ1n) is 10.4. The second kappa shape index (κ2) is 7.27. The summed E-state index contributed by atoms with van der Waals surface area (Å²) >= 11 is 0. The number of hydrogen-bond acceptors (Lipinski definition) is 5. The first-order chi connectivity index (χ1) is 15.0. The number of ether oxygens (including phenoxy) is 1. The number of carbonyl (C=O) groups excluding carboxylic acids is 3. The lowest BCUT2D eigenvalue weighted by Gasteiger charge is -2.32. The van der Waals surface area contributed by atoms with Crippen LogP contribution in [0.4, 0.5) is 4.79 Å². The number of imide groups is 1. The number of amides is 3. The van der Waals surface area contributed by atoms with Crippen LogP contribution in [0.15, 0.2) is 52.9 Å². The van der Waals surface area contributed by atoms with Crippen molar-refractivity contribution < 1.29 is 23.5 Å². The second-order valence-corrected chi connectivity index (χ2v) is 7.98. The molecule has 3 amide bonds. The molecule has 0 saturated carbocycles. The Morgan fingerprint density at radius 2 is 1.87 bits per heavy atom. The van der Waals surface area contributed by atoms with E-state index in [-0.39, 0.29) is 24.8 Å². The van der Waals surface area contributed by atoms with Crippen LogP contribution in [0.1, 0.15) is 40.6 Å². The summed E-state index contributed by atoms with van der Waals surface area (Å²) in [6.07, 6.45) is 1.72. The Balaban J connectivity index is 1.49. The molecule has 3 aromatic rings. The maximum absolute atomic E-state index is 13.5. The number of benzene rings is 2. The molecule has 2 aromatic carbocycles. The molecule has 1 atom stereocenters. The Kier molecular flexibility index (Phi) is 4.54. The summed E-state index contributed by atoms with van der Waals surface area (Å²) in [5.74, 6) is -0.854. The van der Waals surface area contributed by atoms with Crippen LogP contribution in [0, 0.1) is 0 Å². The van der Waals surface area contributed by atoms with Crippen molar-refractivity contribution in [3.63, 3.8) is 0 Å². The molecule has 1 aliphatic heterocycles. The van der Waals surface area contributed by atoms with Crippen LogP contribution in [-0.4, -0.2) is 35.0 Å². The first kappa shape index (κ1) is 19.4. The summed E-state index contributed by atoms with van der Waals surface area (Å²) in [5, 5.41) is 3.62. The third-order valence-corrected chi connectivity index (χ3v) is 6.15. The molecule has 1 N–H and O–H groups in total. The van der Waals surface area contributed by atoms with E-state index in [0.29, 0.717) is 29.4 Å². The van der Waals surface area contributed by atoms with Crippen molar-refractivity contribution >= 4 is 28.9 Å². The zero-order valence-corrected chi connectivity index (χ0v) is 17.1. The molecule has 7 heteroatoms. The van der Waals surface area contributed by atoms with E-state index in [2.05, 4.69) is 11.4 Å². The predicted molar refractivity (Wildman–Crippen MR) is 112 cm³/mol. The van der Waals surface area contributed by atoms with Gasteiger partial charge in [0.15, 0.2) is 0 Å². The monoisotopic (exact) mass is 418 g/mol. The minimum absolute atomic E-state index is 0.0265. The lowest BCUT2D eigenvalue weighted by atomic mass is 9.78. The summed E-state index contributed by atoms with van der Waals surface area (Å²) in [5.41, 5.74) is 2.32. The Hall–Kier alpha value is -3.61. The predicted octanol–water partition coefficient (Wildman–Crippen LogP) is 3.59. The highest BCUT2D eigenvalue weighted by Crippen LogP contribution is 2.35. The summed E-state index contributed by atoms with van der Waals surface area (Å²) in [6, 6.07) is 14.7. The summed E-state index contributed by atoms with van der Waals surface area (Å²) in [6.45, 7) is 1.85. The molecule has 2 heterocycles. The smallest absolute Gasteiger partial charge is 0.374 e. The number of rotatable bonds is 4. The Bertz CT molecular complexity index is 1210. The van der Waals surface area contributed by atoms with Crippen molar-refractivity contribution in [2.75, 3.05) is 6.61 Å². The number of para-hydroxylation sites is 1. The molecular weight excluding hydrogens is 396 g/mol. The van der Waals surface area contributed by atoms with Crippen LogP contribution in [-0.2, 0) is 28.9 Å². The van der Waals surface area contributed by atoms with Crippen LogP contribution in [0.3, 0.4) is 0 Å². The average molecular weight is 418 g/mol. The number of nitrogens with zero attached hydrogens (tertiary/aromatic N) is 1. The van der Waals surface area contributed by atoms with Gasteiger partial charge in [0.05, 0.1) is 13.2 Å². The molecule has 0 bridgehead atoms. The number of furan rings is 1. The number of esters is 1. The molecule has 1 aromatic heterocycles. The lowest BCUT2D eigenvalue weighted by Crippen LogP contribution is -2.51. The van der Waals surface area contributed by atoms with Gasteiger partial charge in [0.25, 0.3) is 5.91 Å². The fourth-order valence-corrected chi connectivity index (χ4v) is 4.62. The number of fused-ring (bicyclic) bond motifs is 2. The largest absolute Gasteiger partial charge is 0.460 e. The van der Waals surface area contributed by atoms with E-state index < -0.39 is 17.5 Å². The van der Waals surface area contributed by atoms with Gasteiger partial charge in [-0.15, -0.1) is 0 Å².